The van der Waals surface area contributed by atoms with Crippen LogP contribution in [-0.2, 0) is 5.41 Å². The van der Waals surface area contributed by atoms with Crippen molar-refractivity contribution >= 4 is 5.69 Å². The summed E-state index contributed by atoms with van der Waals surface area (Å²) in [4.78, 5) is 0. The summed E-state index contributed by atoms with van der Waals surface area (Å²) in [5.41, 5.74) is 4.71. The molecule has 1 aliphatic carbocycles. The quantitative estimate of drug-likeness (QED) is 0.779. The van der Waals surface area contributed by atoms with Gasteiger partial charge in [-0.15, -0.1) is 0 Å². The van der Waals surface area contributed by atoms with E-state index < -0.39 is 0 Å². The van der Waals surface area contributed by atoms with Gasteiger partial charge in [0.1, 0.15) is 0 Å². The topological polar surface area (TPSA) is 12.0 Å². The van der Waals surface area contributed by atoms with E-state index in [2.05, 4.69) is 44.3 Å². The van der Waals surface area contributed by atoms with Gasteiger partial charge in [0.2, 0.25) is 0 Å². The summed E-state index contributed by atoms with van der Waals surface area (Å²) in [5.74, 6) is 1.73. The van der Waals surface area contributed by atoms with Crippen LogP contribution in [0.2, 0.25) is 0 Å². The van der Waals surface area contributed by atoms with Crippen LogP contribution in [0.3, 0.4) is 0 Å². The van der Waals surface area contributed by atoms with Crippen molar-refractivity contribution in [1.29, 1.82) is 0 Å². The second-order valence-corrected chi connectivity index (χ2v) is 7.52. The average Bonchev–Trinajstić information content (AvgIpc) is 2.98. The molecule has 1 nitrogen and oxygen atoms in total. The summed E-state index contributed by atoms with van der Waals surface area (Å²) in [7, 11) is 0. The molecule has 1 N–H and O–H groups in total. The van der Waals surface area contributed by atoms with Crippen molar-refractivity contribution in [3.05, 3.63) is 29.3 Å². The van der Waals surface area contributed by atoms with E-state index in [9.17, 15) is 0 Å². The molecule has 1 fully saturated rings. The Bertz CT molecular complexity index is 449. The zero-order chi connectivity index (χ0) is 13.5. The highest BCUT2D eigenvalue weighted by Gasteiger charge is 2.28. The SMILES string of the molecule is CC(C)(C)c1ccc2c(c1)C(CC1CCCC1)CN2. The monoisotopic (exact) mass is 257 g/mol. The number of fused-ring (bicyclic) bond motifs is 1. The van der Waals surface area contributed by atoms with Crippen molar-refractivity contribution in [3.8, 4) is 0 Å². The lowest BCUT2D eigenvalue weighted by Crippen LogP contribution is -2.12. The predicted molar refractivity (Wildman–Crippen MR) is 82.9 cm³/mol. The van der Waals surface area contributed by atoms with E-state index in [1.165, 1.54) is 43.4 Å². The van der Waals surface area contributed by atoms with Gasteiger partial charge in [-0.05, 0) is 34.9 Å². The number of hydrogen-bond acceptors (Lipinski definition) is 1. The maximum absolute atomic E-state index is 3.60. The summed E-state index contributed by atoms with van der Waals surface area (Å²) in [6, 6.07) is 7.06. The van der Waals surface area contributed by atoms with E-state index in [4.69, 9.17) is 0 Å². The van der Waals surface area contributed by atoms with Gasteiger partial charge < -0.3 is 5.32 Å². The molecule has 0 radical (unpaired) electrons. The molecule has 1 aromatic carbocycles. The molecule has 1 unspecified atom stereocenters. The van der Waals surface area contributed by atoms with Crippen LogP contribution in [0.4, 0.5) is 5.69 Å². The molecular formula is C18H27N. The van der Waals surface area contributed by atoms with Crippen LogP contribution in [0.5, 0.6) is 0 Å². The van der Waals surface area contributed by atoms with E-state index in [0.29, 0.717) is 0 Å². The molecule has 2 aliphatic rings. The van der Waals surface area contributed by atoms with E-state index in [1.807, 2.05) is 0 Å². The summed E-state index contributed by atoms with van der Waals surface area (Å²) < 4.78 is 0. The molecule has 1 heteroatoms. The predicted octanol–water partition coefficient (Wildman–Crippen LogP) is 5.07. The van der Waals surface area contributed by atoms with E-state index in [1.54, 1.807) is 5.56 Å². The van der Waals surface area contributed by atoms with Crippen molar-refractivity contribution < 1.29 is 0 Å². The highest BCUT2D eigenvalue weighted by molar-refractivity contribution is 5.59. The summed E-state index contributed by atoms with van der Waals surface area (Å²) >= 11 is 0. The first kappa shape index (κ1) is 13.0. The molecule has 0 spiro atoms. The average molecular weight is 257 g/mol. The molecule has 0 saturated heterocycles. The minimum Gasteiger partial charge on any atom is -0.384 e. The summed E-state index contributed by atoms with van der Waals surface area (Å²) in [6.07, 6.45) is 7.24. The lowest BCUT2D eigenvalue weighted by atomic mass is 9.83. The molecule has 1 heterocycles. The standard InChI is InChI=1S/C18H27N/c1-18(2,3)15-8-9-17-16(11-15)14(12-19-17)10-13-6-4-5-7-13/h8-9,11,13-14,19H,4-7,10,12H2,1-3H3. The fourth-order valence-electron chi connectivity index (χ4n) is 3.73. The summed E-state index contributed by atoms with van der Waals surface area (Å²) in [5, 5.41) is 3.60. The molecule has 3 rings (SSSR count). The zero-order valence-electron chi connectivity index (χ0n) is 12.6. The van der Waals surface area contributed by atoms with Gasteiger partial charge in [0.25, 0.3) is 0 Å². The Morgan fingerprint density at radius 1 is 1.16 bits per heavy atom. The smallest absolute Gasteiger partial charge is 0.0376 e. The third kappa shape index (κ3) is 2.66. The fourth-order valence-corrected chi connectivity index (χ4v) is 3.73. The van der Waals surface area contributed by atoms with Crippen LogP contribution in [0.25, 0.3) is 0 Å². The van der Waals surface area contributed by atoms with Crippen molar-refractivity contribution in [2.75, 3.05) is 11.9 Å². The van der Waals surface area contributed by atoms with Crippen molar-refractivity contribution in [3.63, 3.8) is 0 Å². The Hall–Kier alpha value is -0.980. The molecule has 1 atom stereocenters. The largest absolute Gasteiger partial charge is 0.384 e. The lowest BCUT2D eigenvalue weighted by Gasteiger charge is -2.21. The van der Waals surface area contributed by atoms with E-state index in [0.717, 1.165) is 18.4 Å². The van der Waals surface area contributed by atoms with Gasteiger partial charge in [0.05, 0.1) is 0 Å². The Morgan fingerprint density at radius 2 is 1.89 bits per heavy atom. The van der Waals surface area contributed by atoms with Gasteiger partial charge in [-0.1, -0.05) is 58.6 Å². The third-order valence-electron chi connectivity index (χ3n) is 4.99. The molecule has 1 aromatic rings. The molecule has 19 heavy (non-hydrogen) atoms. The van der Waals surface area contributed by atoms with Crippen molar-refractivity contribution in [2.45, 2.75) is 64.2 Å². The fraction of sp³-hybridized carbons (Fsp3) is 0.667. The van der Waals surface area contributed by atoms with Crippen molar-refractivity contribution in [1.82, 2.24) is 0 Å². The van der Waals surface area contributed by atoms with Gasteiger partial charge in [-0.3, -0.25) is 0 Å². The van der Waals surface area contributed by atoms with Crippen LogP contribution < -0.4 is 5.32 Å². The van der Waals surface area contributed by atoms with Gasteiger partial charge in [-0.2, -0.15) is 0 Å². The maximum Gasteiger partial charge on any atom is 0.0376 e. The van der Waals surface area contributed by atoms with Crippen molar-refractivity contribution in [2.24, 2.45) is 5.92 Å². The van der Waals surface area contributed by atoms with Crippen LogP contribution in [0.1, 0.15) is 69.9 Å². The Balaban J connectivity index is 1.81. The molecule has 104 valence electrons. The van der Waals surface area contributed by atoms with E-state index in [-0.39, 0.29) is 5.41 Å². The normalized spacial score (nSPS) is 23.4. The third-order valence-corrected chi connectivity index (χ3v) is 4.99. The minimum absolute atomic E-state index is 0.259. The highest BCUT2D eigenvalue weighted by atomic mass is 14.9. The van der Waals surface area contributed by atoms with Gasteiger partial charge in [-0.25, -0.2) is 0 Å². The number of nitrogens with one attached hydrogen (secondary N) is 1. The maximum atomic E-state index is 3.60. The minimum atomic E-state index is 0.259. The first-order chi connectivity index (χ1) is 9.04. The number of hydrogen-bond donors (Lipinski definition) is 1. The number of anilines is 1. The Morgan fingerprint density at radius 3 is 2.58 bits per heavy atom. The van der Waals surface area contributed by atoms with Crippen LogP contribution in [-0.4, -0.2) is 6.54 Å². The lowest BCUT2D eigenvalue weighted by molar-refractivity contribution is 0.459. The molecule has 1 aliphatic heterocycles. The Kier molecular flexibility index (Phi) is 3.32. The molecule has 0 bridgehead atoms. The van der Waals surface area contributed by atoms with Gasteiger partial charge in [0.15, 0.2) is 0 Å². The molecular weight excluding hydrogens is 230 g/mol. The van der Waals surface area contributed by atoms with Crippen LogP contribution >= 0.6 is 0 Å². The Labute approximate surface area is 117 Å². The molecule has 0 amide bonds. The van der Waals surface area contributed by atoms with E-state index >= 15 is 0 Å². The van der Waals surface area contributed by atoms with Crippen LogP contribution in [0.15, 0.2) is 18.2 Å². The second kappa shape index (κ2) is 4.85. The molecule has 1 saturated carbocycles. The van der Waals surface area contributed by atoms with Gasteiger partial charge in [0, 0.05) is 18.2 Å². The summed E-state index contributed by atoms with van der Waals surface area (Å²) in [6.45, 7) is 8.08. The van der Waals surface area contributed by atoms with Crippen LogP contribution in [0, 0.1) is 5.92 Å². The first-order valence-corrected chi connectivity index (χ1v) is 7.92. The van der Waals surface area contributed by atoms with Gasteiger partial charge >= 0.3 is 0 Å². The molecule has 0 aromatic heterocycles. The first-order valence-electron chi connectivity index (χ1n) is 7.92. The number of benzene rings is 1. The highest BCUT2D eigenvalue weighted by Crippen LogP contribution is 2.41. The number of rotatable bonds is 2. The second-order valence-electron chi connectivity index (χ2n) is 7.52. The zero-order valence-corrected chi connectivity index (χ0v) is 12.6.